The molecule has 206 valence electrons. The zero-order valence-corrected chi connectivity index (χ0v) is 23.9. The van der Waals surface area contributed by atoms with Gasteiger partial charge in [-0.1, -0.05) is 36.4 Å². The summed E-state index contributed by atoms with van der Waals surface area (Å²) in [5, 5.41) is 41.7. The van der Waals surface area contributed by atoms with Gasteiger partial charge in [-0.2, -0.15) is 0 Å². The highest BCUT2D eigenvalue weighted by Crippen LogP contribution is 2.58. The highest BCUT2D eigenvalue weighted by Gasteiger charge is 2.49. The molecule has 1 saturated carbocycles. The fourth-order valence-electron chi connectivity index (χ4n) is 7.54. The fourth-order valence-corrected chi connectivity index (χ4v) is 7.54. The Labute approximate surface area is 232 Å². The van der Waals surface area contributed by atoms with Gasteiger partial charge >= 0.3 is 0 Å². The SMILES string of the molecule is CC1=C(O)CCC(C2(c3ccc(O)c(C)c3)CCC(c3ccc(O)c(C)c3)(c3cc(C)c(O)c(C)c3)CC2)C1. The standard InChI is InChI=1S/C35H42O4/c1-21-16-26(6-9-30(21)36)34(27-7-10-31(37)22(2)17-27)12-14-35(15-13-34,28-8-11-32(38)23(3)18-28)29-19-24(4)33(39)25(5)20-29/h6,8-9,11,16,18-20,27,36-39H,7,10,12-15,17H2,1-5H3. The van der Waals surface area contributed by atoms with Crippen molar-refractivity contribution in [3.8, 4) is 17.2 Å². The summed E-state index contributed by atoms with van der Waals surface area (Å²) >= 11 is 0. The number of aromatic hydroxyl groups is 3. The number of aryl methyl sites for hydroxylation is 4. The van der Waals surface area contributed by atoms with Crippen molar-refractivity contribution in [2.24, 2.45) is 5.92 Å². The first-order valence-corrected chi connectivity index (χ1v) is 14.3. The van der Waals surface area contributed by atoms with Crippen LogP contribution in [0.3, 0.4) is 0 Å². The summed E-state index contributed by atoms with van der Waals surface area (Å²) < 4.78 is 0. The average Bonchev–Trinajstić information content (AvgIpc) is 2.91. The van der Waals surface area contributed by atoms with Gasteiger partial charge in [-0.25, -0.2) is 0 Å². The molecule has 5 rings (SSSR count). The van der Waals surface area contributed by atoms with Crippen LogP contribution in [0.1, 0.15) is 90.8 Å². The van der Waals surface area contributed by atoms with Gasteiger partial charge in [-0.05, 0) is 141 Å². The lowest BCUT2D eigenvalue weighted by atomic mass is 9.52. The Morgan fingerprint density at radius 3 is 1.67 bits per heavy atom. The van der Waals surface area contributed by atoms with E-state index in [2.05, 4.69) is 43.3 Å². The third-order valence-electron chi connectivity index (χ3n) is 10.1. The van der Waals surface area contributed by atoms with Gasteiger partial charge in [0.1, 0.15) is 17.2 Å². The van der Waals surface area contributed by atoms with Crippen molar-refractivity contribution in [1.29, 1.82) is 0 Å². The maximum Gasteiger partial charge on any atom is 0.121 e. The molecule has 0 bridgehead atoms. The first-order valence-electron chi connectivity index (χ1n) is 14.3. The normalized spacial score (nSPS) is 25.6. The monoisotopic (exact) mass is 526 g/mol. The maximum absolute atomic E-state index is 10.6. The van der Waals surface area contributed by atoms with E-state index in [1.54, 1.807) is 0 Å². The lowest BCUT2D eigenvalue weighted by Crippen LogP contribution is -2.45. The largest absolute Gasteiger partial charge is 0.512 e. The summed E-state index contributed by atoms with van der Waals surface area (Å²) in [5.41, 5.74) is 8.01. The first kappa shape index (κ1) is 27.2. The van der Waals surface area contributed by atoms with E-state index in [1.807, 2.05) is 39.8 Å². The molecule has 1 fully saturated rings. The van der Waals surface area contributed by atoms with Gasteiger partial charge in [0, 0.05) is 11.8 Å². The molecule has 0 aliphatic heterocycles. The van der Waals surface area contributed by atoms with Gasteiger partial charge in [0.05, 0.1) is 5.76 Å². The number of rotatable bonds is 4. The second-order valence-corrected chi connectivity index (χ2v) is 12.4. The molecule has 3 aromatic carbocycles. The number of aliphatic hydroxyl groups is 1. The molecule has 39 heavy (non-hydrogen) atoms. The van der Waals surface area contributed by atoms with Crippen LogP contribution in [0.25, 0.3) is 0 Å². The molecule has 2 aliphatic carbocycles. The topological polar surface area (TPSA) is 80.9 Å². The number of allylic oxidation sites excluding steroid dienone is 2. The van der Waals surface area contributed by atoms with Crippen LogP contribution in [0.2, 0.25) is 0 Å². The molecule has 4 N–H and O–H groups in total. The van der Waals surface area contributed by atoms with Crippen LogP contribution < -0.4 is 0 Å². The first-order chi connectivity index (χ1) is 18.5. The lowest BCUT2D eigenvalue weighted by Gasteiger charge is -2.52. The molecular formula is C35H42O4. The molecule has 0 spiro atoms. The molecular weight excluding hydrogens is 484 g/mol. The summed E-state index contributed by atoms with van der Waals surface area (Å²) in [4.78, 5) is 0. The van der Waals surface area contributed by atoms with Crippen LogP contribution in [0, 0.1) is 33.6 Å². The highest BCUT2D eigenvalue weighted by atomic mass is 16.3. The van der Waals surface area contributed by atoms with Crippen molar-refractivity contribution in [3.63, 3.8) is 0 Å². The van der Waals surface area contributed by atoms with Crippen molar-refractivity contribution in [2.45, 2.75) is 90.4 Å². The molecule has 3 aromatic rings. The minimum absolute atomic E-state index is 0.0725. The van der Waals surface area contributed by atoms with Crippen LogP contribution in [-0.4, -0.2) is 20.4 Å². The second-order valence-electron chi connectivity index (χ2n) is 12.4. The van der Waals surface area contributed by atoms with Gasteiger partial charge in [0.15, 0.2) is 0 Å². The Morgan fingerprint density at radius 1 is 0.615 bits per heavy atom. The molecule has 0 amide bonds. The minimum atomic E-state index is -0.251. The fraction of sp³-hybridized carbons (Fsp3) is 0.429. The van der Waals surface area contributed by atoms with Crippen molar-refractivity contribution in [2.75, 3.05) is 0 Å². The summed E-state index contributed by atoms with van der Waals surface area (Å²) in [6.45, 7) is 9.93. The molecule has 4 heteroatoms. The zero-order valence-electron chi connectivity index (χ0n) is 23.9. The van der Waals surface area contributed by atoms with E-state index in [0.29, 0.717) is 35.3 Å². The van der Waals surface area contributed by atoms with Gasteiger partial charge in [-0.3, -0.25) is 0 Å². The Balaban J connectivity index is 1.64. The third kappa shape index (κ3) is 4.58. The predicted octanol–water partition coefficient (Wildman–Crippen LogP) is 8.47. The van der Waals surface area contributed by atoms with E-state index in [4.69, 9.17) is 0 Å². The Hall–Kier alpha value is -3.40. The lowest BCUT2D eigenvalue weighted by molar-refractivity contribution is 0.131. The molecule has 0 heterocycles. The van der Waals surface area contributed by atoms with Gasteiger partial charge in [0.25, 0.3) is 0 Å². The molecule has 0 aromatic heterocycles. The quantitative estimate of drug-likeness (QED) is 0.275. The molecule has 2 aliphatic rings. The maximum atomic E-state index is 10.6. The van der Waals surface area contributed by atoms with Gasteiger partial charge < -0.3 is 20.4 Å². The molecule has 4 nitrogen and oxygen atoms in total. The average molecular weight is 527 g/mol. The van der Waals surface area contributed by atoms with Crippen LogP contribution in [-0.2, 0) is 10.8 Å². The Kier molecular flexibility index (Phi) is 6.95. The van der Waals surface area contributed by atoms with Crippen molar-refractivity contribution >= 4 is 0 Å². The summed E-state index contributed by atoms with van der Waals surface area (Å²) in [6, 6.07) is 16.4. The van der Waals surface area contributed by atoms with Crippen molar-refractivity contribution in [3.05, 3.63) is 98.8 Å². The predicted molar refractivity (Wildman–Crippen MR) is 157 cm³/mol. The van der Waals surface area contributed by atoms with E-state index in [1.165, 1.54) is 16.7 Å². The number of hydrogen-bond acceptors (Lipinski definition) is 4. The van der Waals surface area contributed by atoms with E-state index in [-0.39, 0.29) is 10.8 Å². The van der Waals surface area contributed by atoms with Gasteiger partial charge in [-0.15, -0.1) is 0 Å². The van der Waals surface area contributed by atoms with E-state index >= 15 is 0 Å². The molecule has 0 saturated heterocycles. The number of benzene rings is 3. The van der Waals surface area contributed by atoms with Crippen LogP contribution in [0.15, 0.2) is 59.9 Å². The van der Waals surface area contributed by atoms with Crippen molar-refractivity contribution in [1.82, 2.24) is 0 Å². The summed E-state index contributed by atoms with van der Waals surface area (Å²) in [5.74, 6) is 1.93. The Bertz CT molecular complexity index is 1420. The molecule has 0 radical (unpaired) electrons. The van der Waals surface area contributed by atoms with E-state index in [0.717, 1.165) is 66.4 Å². The number of aliphatic hydroxyl groups excluding tert-OH is 1. The molecule has 1 unspecified atom stereocenters. The van der Waals surface area contributed by atoms with E-state index in [9.17, 15) is 20.4 Å². The molecule has 1 atom stereocenters. The third-order valence-corrected chi connectivity index (χ3v) is 10.1. The minimum Gasteiger partial charge on any atom is -0.512 e. The number of phenolic OH excluding ortho intramolecular Hbond substituents is 3. The van der Waals surface area contributed by atoms with Crippen LogP contribution in [0.4, 0.5) is 0 Å². The smallest absolute Gasteiger partial charge is 0.121 e. The van der Waals surface area contributed by atoms with E-state index < -0.39 is 0 Å². The number of hydrogen-bond donors (Lipinski definition) is 4. The van der Waals surface area contributed by atoms with Crippen LogP contribution in [0.5, 0.6) is 17.2 Å². The van der Waals surface area contributed by atoms with Crippen molar-refractivity contribution < 1.29 is 20.4 Å². The zero-order chi connectivity index (χ0) is 28.1. The Morgan fingerprint density at radius 2 is 1.13 bits per heavy atom. The highest BCUT2D eigenvalue weighted by molar-refractivity contribution is 5.51. The second kappa shape index (κ2) is 9.97. The van der Waals surface area contributed by atoms with Crippen LogP contribution >= 0.6 is 0 Å². The summed E-state index contributed by atoms with van der Waals surface area (Å²) in [6.07, 6.45) is 6.33. The number of phenols is 3. The summed E-state index contributed by atoms with van der Waals surface area (Å²) in [7, 11) is 0. The van der Waals surface area contributed by atoms with Gasteiger partial charge in [0.2, 0.25) is 0 Å².